The van der Waals surface area contributed by atoms with Crippen molar-refractivity contribution in [1.82, 2.24) is 19.1 Å². The van der Waals surface area contributed by atoms with E-state index in [1.54, 1.807) is 7.11 Å². The number of aromatic amines is 1. The fraction of sp³-hybridized carbons (Fsp3) is 0.500. The van der Waals surface area contributed by atoms with E-state index in [0.717, 1.165) is 4.57 Å². The maximum Gasteiger partial charge on any atom is 0.332 e. The maximum absolute atomic E-state index is 11.9. The van der Waals surface area contributed by atoms with Crippen molar-refractivity contribution in [2.24, 2.45) is 7.05 Å². The molecule has 0 saturated heterocycles. The number of hydrogen-bond acceptors (Lipinski definition) is 4. The topological polar surface area (TPSA) is 81.9 Å². The largest absolute Gasteiger partial charge is 0.385 e. The molecule has 2 aromatic heterocycles. The Morgan fingerprint density at radius 2 is 2.24 bits per heavy atom. The first-order valence-corrected chi connectivity index (χ1v) is 5.28. The van der Waals surface area contributed by atoms with Gasteiger partial charge in [-0.2, -0.15) is 0 Å². The Morgan fingerprint density at radius 1 is 1.47 bits per heavy atom. The lowest BCUT2D eigenvalue weighted by molar-refractivity contribution is 0.190. The van der Waals surface area contributed by atoms with Gasteiger partial charge in [0, 0.05) is 27.3 Å². The van der Waals surface area contributed by atoms with E-state index in [9.17, 15) is 9.59 Å². The summed E-state index contributed by atoms with van der Waals surface area (Å²) in [6.07, 6.45) is 2.11. The Labute approximate surface area is 96.7 Å². The first-order valence-electron chi connectivity index (χ1n) is 5.28. The minimum atomic E-state index is -0.356. The molecule has 0 aliphatic carbocycles. The number of ether oxygens (including phenoxy) is 1. The number of rotatable bonds is 4. The molecule has 92 valence electrons. The smallest absolute Gasteiger partial charge is 0.332 e. The second kappa shape index (κ2) is 4.54. The normalized spacial score (nSPS) is 11.2. The van der Waals surface area contributed by atoms with Crippen LogP contribution in [-0.4, -0.2) is 32.8 Å². The molecular weight excluding hydrogens is 224 g/mol. The monoisotopic (exact) mass is 238 g/mol. The maximum atomic E-state index is 11.9. The number of hydrogen-bond donors (Lipinski definition) is 1. The first-order chi connectivity index (χ1) is 8.16. The number of nitrogens with zero attached hydrogens (tertiary/aromatic N) is 3. The second-order valence-electron chi connectivity index (χ2n) is 3.75. The summed E-state index contributed by atoms with van der Waals surface area (Å²) in [4.78, 5) is 30.4. The number of imidazole rings is 1. The number of methoxy groups -OCH3 is 1. The molecule has 2 heterocycles. The molecule has 0 fully saturated rings. The van der Waals surface area contributed by atoms with Crippen molar-refractivity contribution in [3.63, 3.8) is 0 Å². The molecule has 0 spiro atoms. The third kappa shape index (κ3) is 1.89. The molecule has 0 aliphatic rings. The first kappa shape index (κ1) is 11.6. The molecule has 7 nitrogen and oxygen atoms in total. The Hall–Kier alpha value is -1.89. The highest BCUT2D eigenvalue weighted by molar-refractivity contribution is 5.68. The zero-order chi connectivity index (χ0) is 12.4. The summed E-state index contributed by atoms with van der Waals surface area (Å²) >= 11 is 0. The van der Waals surface area contributed by atoms with Crippen molar-refractivity contribution in [1.29, 1.82) is 0 Å². The molecule has 2 aromatic rings. The molecule has 0 radical (unpaired) electrons. The number of H-pyrrole nitrogens is 1. The SMILES string of the molecule is COCCCn1c(=O)n(C)c(=O)c2[nH]cnc21. The molecule has 0 bridgehead atoms. The van der Waals surface area contributed by atoms with Gasteiger partial charge in [0.1, 0.15) is 5.52 Å². The van der Waals surface area contributed by atoms with Crippen LogP contribution in [0.3, 0.4) is 0 Å². The van der Waals surface area contributed by atoms with Crippen LogP contribution in [0.1, 0.15) is 6.42 Å². The van der Waals surface area contributed by atoms with Crippen LogP contribution in [0.25, 0.3) is 11.2 Å². The Balaban J connectivity index is 2.57. The minimum absolute atomic E-state index is 0.351. The number of nitrogens with one attached hydrogen (secondary N) is 1. The predicted octanol–water partition coefficient (Wildman–Crippen LogP) is -0.540. The third-order valence-electron chi connectivity index (χ3n) is 2.64. The van der Waals surface area contributed by atoms with E-state index in [0.29, 0.717) is 30.7 Å². The second-order valence-corrected chi connectivity index (χ2v) is 3.75. The summed E-state index contributed by atoms with van der Waals surface area (Å²) in [5.41, 5.74) is 0.0370. The lowest BCUT2D eigenvalue weighted by Crippen LogP contribution is -2.38. The number of aryl methyl sites for hydroxylation is 1. The van der Waals surface area contributed by atoms with Crippen LogP contribution in [-0.2, 0) is 18.3 Å². The Bertz CT molecular complexity index is 637. The zero-order valence-electron chi connectivity index (χ0n) is 9.77. The van der Waals surface area contributed by atoms with E-state index in [-0.39, 0.29) is 11.2 Å². The van der Waals surface area contributed by atoms with Crippen molar-refractivity contribution in [3.8, 4) is 0 Å². The minimum Gasteiger partial charge on any atom is -0.385 e. The standard InChI is InChI=1S/C10H14N4O3/c1-13-9(15)7-8(12-6-11-7)14(10(13)16)4-3-5-17-2/h6H,3-5H2,1-2H3,(H,11,12). The average Bonchev–Trinajstić information content (AvgIpc) is 2.80. The van der Waals surface area contributed by atoms with Crippen LogP contribution in [0.5, 0.6) is 0 Å². The lowest BCUT2D eigenvalue weighted by Gasteiger charge is -2.07. The van der Waals surface area contributed by atoms with Crippen LogP contribution < -0.4 is 11.2 Å². The highest BCUT2D eigenvalue weighted by atomic mass is 16.5. The van der Waals surface area contributed by atoms with Crippen LogP contribution >= 0.6 is 0 Å². The summed E-state index contributed by atoms with van der Waals surface area (Å²) < 4.78 is 7.49. The molecule has 17 heavy (non-hydrogen) atoms. The van der Waals surface area contributed by atoms with E-state index in [4.69, 9.17) is 4.74 Å². The predicted molar refractivity (Wildman–Crippen MR) is 62.1 cm³/mol. The fourth-order valence-corrected chi connectivity index (χ4v) is 1.74. The van der Waals surface area contributed by atoms with Gasteiger partial charge in [0.05, 0.1) is 6.33 Å². The Kier molecular flexibility index (Phi) is 3.10. The summed E-state index contributed by atoms with van der Waals surface area (Å²) in [6, 6.07) is 0. The van der Waals surface area contributed by atoms with E-state index in [1.807, 2.05) is 0 Å². The molecule has 2 rings (SSSR count). The molecule has 0 unspecified atom stereocenters. The van der Waals surface area contributed by atoms with Gasteiger partial charge in [-0.05, 0) is 6.42 Å². The van der Waals surface area contributed by atoms with Crippen LogP contribution in [0.15, 0.2) is 15.9 Å². The summed E-state index contributed by atoms with van der Waals surface area (Å²) in [5.74, 6) is 0. The van der Waals surface area contributed by atoms with Gasteiger partial charge < -0.3 is 9.72 Å². The van der Waals surface area contributed by atoms with Gasteiger partial charge in [-0.3, -0.25) is 13.9 Å². The van der Waals surface area contributed by atoms with E-state index >= 15 is 0 Å². The lowest BCUT2D eigenvalue weighted by atomic mass is 10.4. The number of fused-ring (bicyclic) bond motifs is 1. The molecule has 0 atom stereocenters. The summed E-state index contributed by atoms with van der Waals surface area (Å²) in [7, 11) is 3.06. The van der Waals surface area contributed by atoms with Gasteiger partial charge in [0.15, 0.2) is 5.65 Å². The average molecular weight is 238 g/mol. The van der Waals surface area contributed by atoms with Crippen molar-refractivity contribution < 1.29 is 4.74 Å². The zero-order valence-corrected chi connectivity index (χ0v) is 9.77. The van der Waals surface area contributed by atoms with Crippen LogP contribution in [0.2, 0.25) is 0 Å². The molecule has 0 saturated carbocycles. The van der Waals surface area contributed by atoms with E-state index < -0.39 is 0 Å². The van der Waals surface area contributed by atoms with Gasteiger partial charge in [-0.15, -0.1) is 0 Å². The quantitative estimate of drug-likeness (QED) is 0.725. The molecule has 0 amide bonds. The van der Waals surface area contributed by atoms with Gasteiger partial charge >= 0.3 is 5.69 Å². The van der Waals surface area contributed by atoms with Crippen molar-refractivity contribution in [2.75, 3.05) is 13.7 Å². The third-order valence-corrected chi connectivity index (χ3v) is 2.64. The van der Waals surface area contributed by atoms with Crippen LogP contribution in [0.4, 0.5) is 0 Å². The van der Waals surface area contributed by atoms with Crippen molar-refractivity contribution >= 4 is 11.2 Å². The van der Waals surface area contributed by atoms with Gasteiger partial charge in [0.2, 0.25) is 0 Å². The van der Waals surface area contributed by atoms with Gasteiger partial charge in [-0.25, -0.2) is 9.78 Å². The van der Waals surface area contributed by atoms with Gasteiger partial charge in [-0.1, -0.05) is 0 Å². The molecule has 0 aliphatic heterocycles. The van der Waals surface area contributed by atoms with Crippen molar-refractivity contribution in [3.05, 3.63) is 27.2 Å². The fourth-order valence-electron chi connectivity index (χ4n) is 1.74. The van der Waals surface area contributed by atoms with E-state index in [2.05, 4.69) is 9.97 Å². The highest BCUT2D eigenvalue weighted by Gasteiger charge is 2.12. The van der Waals surface area contributed by atoms with Crippen molar-refractivity contribution in [2.45, 2.75) is 13.0 Å². The Morgan fingerprint density at radius 3 is 2.94 bits per heavy atom. The van der Waals surface area contributed by atoms with E-state index in [1.165, 1.54) is 17.9 Å². The molecule has 0 aromatic carbocycles. The summed E-state index contributed by atoms with van der Waals surface area (Å²) in [6.45, 7) is 1.03. The molecular formula is C10H14N4O3. The van der Waals surface area contributed by atoms with Crippen LogP contribution in [0, 0.1) is 0 Å². The number of aromatic nitrogens is 4. The molecule has 7 heteroatoms. The molecule has 1 N–H and O–H groups in total. The highest BCUT2D eigenvalue weighted by Crippen LogP contribution is 2.01. The summed E-state index contributed by atoms with van der Waals surface area (Å²) in [5, 5.41) is 0. The van der Waals surface area contributed by atoms with Gasteiger partial charge in [0.25, 0.3) is 5.56 Å².